The largest absolute Gasteiger partial charge is 0.449 e. The fraction of sp³-hybridized carbons (Fsp3) is 0.737. The number of hydrogen-bond acceptors (Lipinski definition) is 6. The summed E-state index contributed by atoms with van der Waals surface area (Å²) < 4.78 is 10.7. The minimum atomic E-state index is -0.538. The van der Waals surface area contributed by atoms with Crippen molar-refractivity contribution in [2.75, 3.05) is 26.2 Å². The van der Waals surface area contributed by atoms with Gasteiger partial charge in [-0.05, 0) is 40.0 Å². The third kappa shape index (κ3) is 6.37. The van der Waals surface area contributed by atoms with Gasteiger partial charge in [0.1, 0.15) is 5.60 Å². The number of aromatic nitrogens is 1. The fourth-order valence-electron chi connectivity index (χ4n) is 3.07. The highest BCUT2D eigenvalue weighted by atomic mass is 32.1. The van der Waals surface area contributed by atoms with E-state index < -0.39 is 11.7 Å². The van der Waals surface area contributed by atoms with Crippen LogP contribution in [0.15, 0.2) is 10.9 Å². The van der Waals surface area contributed by atoms with E-state index in [0.29, 0.717) is 26.2 Å². The van der Waals surface area contributed by atoms with Gasteiger partial charge in [-0.1, -0.05) is 13.3 Å². The molecule has 1 fully saturated rings. The monoisotopic (exact) mass is 397 g/mol. The Morgan fingerprint density at radius 2 is 2.04 bits per heavy atom. The molecule has 2 heterocycles. The van der Waals surface area contributed by atoms with Crippen molar-refractivity contribution in [2.45, 2.75) is 64.4 Å². The molecule has 1 aromatic rings. The minimum Gasteiger partial charge on any atom is -0.449 e. The number of likely N-dealkylation sites (tertiary alicyclic amines) is 1. The molecule has 1 aliphatic heterocycles. The van der Waals surface area contributed by atoms with Gasteiger partial charge in [-0.3, -0.25) is 0 Å². The number of unbranched alkanes of at least 4 members (excludes halogenated alkanes) is 1. The molecule has 7 nitrogen and oxygen atoms in total. The lowest BCUT2D eigenvalue weighted by molar-refractivity contribution is 0.0485. The van der Waals surface area contributed by atoms with Crippen molar-refractivity contribution in [1.29, 1.82) is 0 Å². The average Bonchev–Trinajstić information content (AvgIpc) is 3.14. The molecule has 0 aliphatic carbocycles. The SMILES string of the molecule is CCCCOC(=O)N1CCC(CNC(=O)OC(C)(C)C)(c2cscn2)CC1. The molecule has 0 unspecified atom stereocenters. The van der Waals surface area contributed by atoms with Crippen LogP contribution in [-0.2, 0) is 14.9 Å². The van der Waals surface area contributed by atoms with Crippen LogP contribution in [0.4, 0.5) is 9.59 Å². The van der Waals surface area contributed by atoms with E-state index in [2.05, 4.69) is 17.2 Å². The fourth-order valence-corrected chi connectivity index (χ4v) is 3.74. The van der Waals surface area contributed by atoms with Crippen molar-refractivity contribution in [3.05, 3.63) is 16.6 Å². The molecule has 2 amide bonds. The van der Waals surface area contributed by atoms with Crippen molar-refractivity contribution in [2.24, 2.45) is 0 Å². The molecule has 152 valence electrons. The molecule has 1 saturated heterocycles. The van der Waals surface area contributed by atoms with Gasteiger partial charge in [-0.2, -0.15) is 0 Å². The number of nitrogens with one attached hydrogen (secondary N) is 1. The van der Waals surface area contributed by atoms with Gasteiger partial charge in [0, 0.05) is 30.4 Å². The summed E-state index contributed by atoms with van der Waals surface area (Å²) in [7, 11) is 0. The van der Waals surface area contributed by atoms with Crippen LogP contribution < -0.4 is 5.32 Å². The highest BCUT2D eigenvalue weighted by molar-refractivity contribution is 7.07. The molecular formula is C19H31N3O4S. The highest BCUT2D eigenvalue weighted by Crippen LogP contribution is 2.35. The van der Waals surface area contributed by atoms with E-state index in [-0.39, 0.29) is 11.5 Å². The molecule has 0 radical (unpaired) electrons. The zero-order valence-electron chi connectivity index (χ0n) is 16.7. The van der Waals surface area contributed by atoms with Crippen LogP contribution in [-0.4, -0.2) is 53.9 Å². The van der Waals surface area contributed by atoms with Crippen LogP contribution in [0.5, 0.6) is 0 Å². The second kappa shape index (κ2) is 9.39. The van der Waals surface area contributed by atoms with Crippen LogP contribution in [0.25, 0.3) is 0 Å². The number of nitrogens with zero attached hydrogens (tertiary/aromatic N) is 2. The minimum absolute atomic E-state index is 0.254. The summed E-state index contributed by atoms with van der Waals surface area (Å²) in [5.74, 6) is 0. The maximum Gasteiger partial charge on any atom is 0.409 e. The Labute approximate surface area is 165 Å². The van der Waals surface area contributed by atoms with Gasteiger partial charge in [0.25, 0.3) is 0 Å². The number of hydrogen-bond donors (Lipinski definition) is 1. The topological polar surface area (TPSA) is 80.8 Å². The predicted octanol–water partition coefficient (Wildman–Crippen LogP) is 3.94. The maximum atomic E-state index is 12.2. The van der Waals surface area contributed by atoms with Crippen molar-refractivity contribution in [1.82, 2.24) is 15.2 Å². The highest BCUT2D eigenvalue weighted by Gasteiger charge is 2.40. The number of alkyl carbamates (subject to hydrolysis) is 1. The van der Waals surface area contributed by atoms with Gasteiger partial charge in [0.05, 0.1) is 17.8 Å². The summed E-state index contributed by atoms with van der Waals surface area (Å²) in [5, 5.41) is 4.91. The number of carbonyl (C=O) groups excluding carboxylic acids is 2. The lowest BCUT2D eigenvalue weighted by atomic mass is 9.76. The van der Waals surface area contributed by atoms with Gasteiger partial charge < -0.3 is 19.7 Å². The van der Waals surface area contributed by atoms with Crippen LogP contribution in [0, 0.1) is 0 Å². The molecular weight excluding hydrogens is 366 g/mol. The molecule has 0 aromatic carbocycles. The van der Waals surface area contributed by atoms with Crippen molar-refractivity contribution >= 4 is 23.5 Å². The molecule has 2 rings (SSSR count). The second-order valence-corrected chi connectivity index (χ2v) is 8.68. The Kier molecular flexibility index (Phi) is 7.47. The Balaban J connectivity index is 1.97. The third-order valence-electron chi connectivity index (χ3n) is 4.65. The van der Waals surface area contributed by atoms with Crippen LogP contribution in [0.3, 0.4) is 0 Å². The molecule has 1 aromatic heterocycles. The molecule has 1 aliphatic rings. The molecule has 27 heavy (non-hydrogen) atoms. The molecule has 8 heteroatoms. The quantitative estimate of drug-likeness (QED) is 0.736. The third-order valence-corrected chi connectivity index (χ3v) is 5.23. The van der Waals surface area contributed by atoms with Crippen LogP contribution in [0.1, 0.15) is 59.1 Å². The molecule has 1 N–H and O–H groups in total. The normalized spacial score (nSPS) is 16.7. The first-order chi connectivity index (χ1) is 12.8. The van der Waals surface area contributed by atoms with E-state index in [0.717, 1.165) is 31.4 Å². The first-order valence-electron chi connectivity index (χ1n) is 9.53. The first-order valence-corrected chi connectivity index (χ1v) is 10.5. The van der Waals surface area contributed by atoms with Gasteiger partial charge >= 0.3 is 12.2 Å². The Morgan fingerprint density at radius 1 is 1.33 bits per heavy atom. The first kappa shape index (κ1) is 21.5. The van der Waals surface area contributed by atoms with E-state index in [4.69, 9.17) is 9.47 Å². The standard InChI is InChI=1S/C19H31N3O4S/c1-5-6-11-25-17(24)22-9-7-19(8-10-22,15-12-27-14-21-15)13-20-16(23)26-18(2,3)4/h12,14H,5-11,13H2,1-4H3,(H,20,23). The lowest BCUT2D eigenvalue weighted by Gasteiger charge is -2.40. The number of ether oxygens (including phenoxy) is 2. The Hall–Kier alpha value is -1.83. The van der Waals surface area contributed by atoms with E-state index in [1.54, 1.807) is 10.4 Å². The van der Waals surface area contributed by atoms with E-state index in [1.807, 2.05) is 26.2 Å². The number of piperidine rings is 1. The zero-order valence-corrected chi connectivity index (χ0v) is 17.6. The summed E-state index contributed by atoms with van der Waals surface area (Å²) >= 11 is 1.54. The Bertz CT molecular complexity index is 605. The summed E-state index contributed by atoms with van der Waals surface area (Å²) in [5.41, 5.74) is 1.93. The summed E-state index contributed by atoms with van der Waals surface area (Å²) in [6, 6.07) is 0. The molecule has 0 bridgehead atoms. The van der Waals surface area contributed by atoms with Gasteiger partial charge in [0.15, 0.2) is 0 Å². The Morgan fingerprint density at radius 3 is 2.59 bits per heavy atom. The molecule has 0 saturated carbocycles. The smallest absolute Gasteiger partial charge is 0.409 e. The van der Waals surface area contributed by atoms with E-state index in [1.165, 1.54) is 11.3 Å². The summed E-state index contributed by atoms with van der Waals surface area (Å²) in [6.45, 7) is 9.64. The van der Waals surface area contributed by atoms with Gasteiger partial charge in [-0.25, -0.2) is 14.6 Å². The lowest BCUT2D eigenvalue weighted by Crippen LogP contribution is -2.51. The second-order valence-electron chi connectivity index (χ2n) is 7.96. The van der Waals surface area contributed by atoms with E-state index in [9.17, 15) is 9.59 Å². The average molecular weight is 398 g/mol. The zero-order chi connectivity index (χ0) is 19.9. The van der Waals surface area contributed by atoms with Gasteiger partial charge in [-0.15, -0.1) is 11.3 Å². The summed E-state index contributed by atoms with van der Waals surface area (Å²) in [6.07, 6.45) is 2.62. The number of thiazole rings is 1. The molecule has 0 spiro atoms. The van der Waals surface area contributed by atoms with Crippen molar-refractivity contribution in [3.63, 3.8) is 0 Å². The number of amides is 2. The number of rotatable bonds is 6. The number of carbonyl (C=O) groups is 2. The van der Waals surface area contributed by atoms with Crippen molar-refractivity contribution < 1.29 is 19.1 Å². The van der Waals surface area contributed by atoms with Gasteiger partial charge in [0.2, 0.25) is 0 Å². The van der Waals surface area contributed by atoms with E-state index >= 15 is 0 Å². The van der Waals surface area contributed by atoms with Crippen molar-refractivity contribution in [3.8, 4) is 0 Å². The summed E-state index contributed by atoms with van der Waals surface area (Å²) in [4.78, 5) is 30.5. The predicted molar refractivity (Wildman–Crippen MR) is 105 cm³/mol. The van der Waals surface area contributed by atoms with Crippen LogP contribution >= 0.6 is 11.3 Å². The molecule has 0 atom stereocenters. The van der Waals surface area contributed by atoms with Crippen LogP contribution in [0.2, 0.25) is 0 Å². The maximum absolute atomic E-state index is 12.2.